The van der Waals surface area contributed by atoms with Gasteiger partial charge in [0, 0.05) is 24.7 Å². The molecule has 1 fully saturated rings. The van der Waals surface area contributed by atoms with Crippen LogP contribution >= 0.6 is 11.8 Å². The van der Waals surface area contributed by atoms with Crippen LogP contribution in [0.2, 0.25) is 0 Å². The van der Waals surface area contributed by atoms with Gasteiger partial charge in [0.05, 0.1) is 0 Å². The second kappa shape index (κ2) is 3.74. The molecule has 2 atom stereocenters. The number of aryl methyl sites for hydroxylation is 1. The van der Waals surface area contributed by atoms with Gasteiger partial charge in [0.25, 0.3) is 0 Å². The molecular formula is C10H16N2S. The predicted molar refractivity (Wildman–Crippen MR) is 55.9 cm³/mol. The van der Waals surface area contributed by atoms with Crippen molar-refractivity contribution >= 4 is 11.8 Å². The number of nitrogens with zero attached hydrogens (tertiary/aromatic N) is 2. The van der Waals surface area contributed by atoms with Crippen LogP contribution in [0.3, 0.4) is 0 Å². The first-order valence-corrected chi connectivity index (χ1v) is 5.77. The maximum Gasteiger partial charge on any atom is 0.167 e. The molecule has 0 spiro atoms. The maximum atomic E-state index is 4.33. The molecule has 1 aliphatic rings. The van der Waals surface area contributed by atoms with Crippen LogP contribution in [0.1, 0.15) is 26.2 Å². The third-order valence-electron chi connectivity index (χ3n) is 2.70. The number of rotatable bonds is 2. The van der Waals surface area contributed by atoms with Crippen LogP contribution in [0.5, 0.6) is 0 Å². The van der Waals surface area contributed by atoms with E-state index in [1.165, 1.54) is 24.4 Å². The summed E-state index contributed by atoms with van der Waals surface area (Å²) in [6.07, 6.45) is 8.00. The van der Waals surface area contributed by atoms with Crippen molar-refractivity contribution in [1.82, 2.24) is 9.55 Å². The molecule has 0 amide bonds. The second-order valence-corrected chi connectivity index (χ2v) is 5.25. The Morgan fingerprint density at radius 2 is 2.38 bits per heavy atom. The van der Waals surface area contributed by atoms with Crippen molar-refractivity contribution in [1.29, 1.82) is 0 Å². The van der Waals surface area contributed by atoms with Crippen LogP contribution in [0.15, 0.2) is 17.6 Å². The van der Waals surface area contributed by atoms with Gasteiger partial charge < -0.3 is 4.57 Å². The van der Waals surface area contributed by atoms with Crippen LogP contribution in [0.4, 0.5) is 0 Å². The molecule has 0 N–H and O–H groups in total. The largest absolute Gasteiger partial charge is 0.329 e. The number of hydrogen-bond acceptors (Lipinski definition) is 2. The summed E-state index contributed by atoms with van der Waals surface area (Å²) in [6.45, 7) is 2.35. The van der Waals surface area contributed by atoms with E-state index in [1.54, 1.807) is 0 Å². The van der Waals surface area contributed by atoms with Crippen LogP contribution < -0.4 is 0 Å². The Kier molecular flexibility index (Phi) is 2.63. The first-order chi connectivity index (χ1) is 6.25. The zero-order chi connectivity index (χ0) is 9.26. The zero-order valence-corrected chi connectivity index (χ0v) is 9.05. The lowest BCUT2D eigenvalue weighted by Gasteiger charge is -2.08. The highest BCUT2D eigenvalue weighted by molar-refractivity contribution is 7.99. The van der Waals surface area contributed by atoms with E-state index in [2.05, 4.69) is 23.5 Å². The fourth-order valence-corrected chi connectivity index (χ4v) is 3.20. The smallest absolute Gasteiger partial charge is 0.167 e. The molecule has 13 heavy (non-hydrogen) atoms. The quantitative estimate of drug-likeness (QED) is 0.723. The van der Waals surface area contributed by atoms with Crippen molar-refractivity contribution in [3.05, 3.63) is 12.4 Å². The van der Waals surface area contributed by atoms with Gasteiger partial charge >= 0.3 is 0 Å². The van der Waals surface area contributed by atoms with E-state index in [9.17, 15) is 0 Å². The highest BCUT2D eigenvalue weighted by Gasteiger charge is 2.23. The number of thioether (sulfide) groups is 1. The molecule has 72 valence electrons. The standard InChI is InChI=1S/C10H16N2S/c1-8-3-4-9(7-8)13-10-11-5-6-12(10)2/h5-6,8-9H,3-4,7H2,1-2H3. The molecule has 1 heterocycles. The summed E-state index contributed by atoms with van der Waals surface area (Å²) in [5.74, 6) is 0.915. The molecule has 1 aliphatic carbocycles. The van der Waals surface area contributed by atoms with Gasteiger partial charge in [-0.25, -0.2) is 4.98 Å². The predicted octanol–water partition coefficient (Wildman–Crippen LogP) is 2.70. The fraction of sp³-hybridized carbons (Fsp3) is 0.700. The average molecular weight is 196 g/mol. The summed E-state index contributed by atoms with van der Waals surface area (Å²) in [5.41, 5.74) is 0. The van der Waals surface area contributed by atoms with Crippen LogP contribution in [-0.4, -0.2) is 14.8 Å². The van der Waals surface area contributed by atoms with Crippen molar-refractivity contribution in [3.8, 4) is 0 Å². The van der Waals surface area contributed by atoms with Gasteiger partial charge in [-0.3, -0.25) is 0 Å². The Balaban J connectivity index is 1.95. The highest BCUT2D eigenvalue weighted by atomic mass is 32.2. The van der Waals surface area contributed by atoms with Gasteiger partial charge in [-0.1, -0.05) is 18.7 Å². The fourth-order valence-electron chi connectivity index (χ4n) is 1.88. The van der Waals surface area contributed by atoms with Gasteiger partial charge in [-0.2, -0.15) is 0 Å². The number of hydrogen-bond donors (Lipinski definition) is 0. The van der Waals surface area contributed by atoms with E-state index in [1.807, 2.05) is 24.2 Å². The SMILES string of the molecule is CC1CCC(Sc2nccn2C)C1. The molecule has 1 saturated carbocycles. The third kappa shape index (κ3) is 2.08. The summed E-state index contributed by atoms with van der Waals surface area (Å²) in [5, 5.41) is 1.97. The molecule has 0 aliphatic heterocycles. The topological polar surface area (TPSA) is 17.8 Å². The molecule has 0 bridgehead atoms. The Hall–Kier alpha value is -0.440. The normalized spacial score (nSPS) is 28.2. The minimum Gasteiger partial charge on any atom is -0.329 e. The van der Waals surface area contributed by atoms with Crippen LogP contribution in [-0.2, 0) is 7.05 Å². The van der Waals surface area contributed by atoms with Crippen molar-refractivity contribution in [3.63, 3.8) is 0 Å². The maximum absolute atomic E-state index is 4.33. The third-order valence-corrected chi connectivity index (χ3v) is 4.06. The first-order valence-electron chi connectivity index (χ1n) is 4.89. The van der Waals surface area contributed by atoms with Crippen LogP contribution in [0.25, 0.3) is 0 Å². The van der Waals surface area contributed by atoms with Gasteiger partial charge in [0.2, 0.25) is 0 Å². The molecule has 3 heteroatoms. The highest BCUT2D eigenvalue weighted by Crippen LogP contribution is 2.36. The van der Waals surface area contributed by atoms with Crippen molar-refractivity contribution < 1.29 is 0 Å². The molecule has 1 aromatic heterocycles. The number of aromatic nitrogens is 2. The molecule has 2 unspecified atom stereocenters. The molecule has 1 aromatic rings. The summed E-state index contributed by atoms with van der Waals surface area (Å²) < 4.78 is 2.10. The molecule has 0 radical (unpaired) electrons. The Morgan fingerprint density at radius 3 is 2.92 bits per heavy atom. The van der Waals surface area contributed by atoms with Crippen molar-refractivity contribution in [2.45, 2.75) is 36.6 Å². The minimum atomic E-state index is 0.802. The summed E-state index contributed by atoms with van der Waals surface area (Å²) in [4.78, 5) is 4.33. The molecule has 0 aromatic carbocycles. The lowest BCUT2D eigenvalue weighted by molar-refractivity contribution is 0.613. The Morgan fingerprint density at radius 1 is 1.54 bits per heavy atom. The van der Waals surface area contributed by atoms with E-state index >= 15 is 0 Å². The molecular weight excluding hydrogens is 180 g/mol. The lowest BCUT2D eigenvalue weighted by Crippen LogP contribution is -1.99. The van der Waals surface area contributed by atoms with E-state index in [4.69, 9.17) is 0 Å². The minimum absolute atomic E-state index is 0.802. The molecule has 0 saturated heterocycles. The monoisotopic (exact) mass is 196 g/mol. The van der Waals surface area contributed by atoms with Crippen LogP contribution in [0, 0.1) is 5.92 Å². The van der Waals surface area contributed by atoms with E-state index in [0.717, 1.165) is 11.2 Å². The van der Waals surface area contributed by atoms with Gasteiger partial charge in [0.15, 0.2) is 5.16 Å². The second-order valence-electron chi connectivity index (χ2n) is 3.98. The van der Waals surface area contributed by atoms with E-state index in [-0.39, 0.29) is 0 Å². The molecule has 2 nitrogen and oxygen atoms in total. The van der Waals surface area contributed by atoms with E-state index < -0.39 is 0 Å². The lowest BCUT2D eigenvalue weighted by atomic mass is 10.1. The zero-order valence-electron chi connectivity index (χ0n) is 8.23. The van der Waals surface area contributed by atoms with Crippen molar-refractivity contribution in [2.75, 3.05) is 0 Å². The summed E-state index contributed by atoms with van der Waals surface area (Å²) in [7, 11) is 2.06. The summed E-state index contributed by atoms with van der Waals surface area (Å²) >= 11 is 1.94. The Bertz CT molecular complexity index is 282. The Labute approximate surface area is 83.7 Å². The average Bonchev–Trinajstić information content (AvgIpc) is 2.64. The first kappa shape index (κ1) is 9.13. The van der Waals surface area contributed by atoms with Gasteiger partial charge in [0.1, 0.15) is 0 Å². The molecule has 2 rings (SSSR count). The number of imidazole rings is 1. The summed E-state index contributed by atoms with van der Waals surface area (Å²) in [6, 6.07) is 0. The van der Waals surface area contributed by atoms with Gasteiger partial charge in [-0.15, -0.1) is 0 Å². The van der Waals surface area contributed by atoms with Gasteiger partial charge in [-0.05, 0) is 25.2 Å². The van der Waals surface area contributed by atoms with E-state index in [0.29, 0.717) is 0 Å². The van der Waals surface area contributed by atoms with Crippen molar-refractivity contribution in [2.24, 2.45) is 13.0 Å².